The third kappa shape index (κ3) is 4.04. The molecule has 5 rings (SSSR count). The summed E-state index contributed by atoms with van der Waals surface area (Å²) in [6.07, 6.45) is 3.45. The summed E-state index contributed by atoms with van der Waals surface area (Å²) in [5.41, 5.74) is 5.27. The maximum absolute atomic E-state index is 3.75. The zero-order valence-electron chi connectivity index (χ0n) is 15.2. The lowest BCUT2D eigenvalue weighted by Crippen LogP contribution is -2.09. The first-order valence-electron chi connectivity index (χ1n) is 8.98. The minimum Gasteiger partial charge on any atom is -0.358 e. The molecule has 5 aromatic rings. The van der Waals surface area contributed by atoms with Crippen LogP contribution in [0.25, 0.3) is 11.0 Å². The Hall–Kier alpha value is -3.99. The summed E-state index contributed by atoms with van der Waals surface area (Å²) >= 11 is 0. The molecule has 5 nitrogen and oxygen atoms in total. The lowest BCUT2D eigenvalue weighted by atomic mass is 10.2. The molecule has 0 aliphatic heterocycles. The van der Waals surface area contributed by atoms with Gasteiger partial charge in [-0.2, -0.15) is 0 Å². The summed E-state index contributed by atoms with van der Waals surface area (Å²) in [5, 5.41) is 10.8. The van der Waals surface area contributed by atoms with Crippen molar-refractivity contribution in [3.63, 3.8) is 0 Å². The van der Waals surface area contributed by atoms with Gasteiger partial charge in [0, 0.05) is 23.3 Å². The summed E-state index contributed by atoms with van der Waals surface area (Å²) in [7, 11) is 0. The zero-order valence-corrected chi connectivity index (χ0v) is 15.2. The maximum atomic E-state index is 3.75. The van der Waals surface area contributed by atoms with Crippen LogP contribution >= 0.6 is 0 Å². The van der Waals surface area contributed by atoms with Crippen LogP contribution < -0.4 is 4.90 Å². The van der Waals surface area contributed by atoms with Crippen molar-refractivity contribution < 1.29 is 0 Å². The average Bonchev–Trinajstić information content (AvgIpc) is 3.26. The molecule has 0 saturated carbocycles. The fourth-order valence-corrected chi connectivity index (χ4v) is 2.90. The van der Waals surface area contributed by atoms with Crippen molar-refractivity contribution in [2.75, 3.05) is 4.90 Å². The molecular formula is C23H19N5. The second-order valence-corrected chi connectivity index (χ2v) is 6.05. The molecule has 0 spiro atoms. The summed E-state index contributed by atoms with van der Waals surface area (Å²) in [4.78, 5) is 5.20. The molecule has 0 saturated heterocycles. The summed E-state index contributed by atoms with van der Waals surface area (Å²) < 4.78 is 0. The van der Waals surface area contributed by atoms with Gasteiger partial charge in [-0.15, -0.1) is 10.2 Å². The Morgan fingerprint density at radius 1 is 0.607 bits per heavy atom. The molecular weight excluding hydrogens is 346 g/mol. The van der Waals surface area contributed by atoms with Crippen molar-refractivity contribution in [1.82, 2.24) is 20.4 Å². The van der Waals surface area contributed by atoms with Crippen molar-refractivity contribution in [1.29, 1.82) is 0 Å². The van der Waals surface area contributed by atoms with Gasteiger partial charge in [0.15, 0.2) is 0 Å². The molecule has 5 heteroatoms. The highest BCUT2D eigenvalue weighted by Crippen LogP contribution is 2.33. The molecule has 28 heavy (non-hydrogen) atoms. The van der Waals surface area contributed by atoms with Crippen molar-refractivity contribution in [2.24, 2.45) is 0 Å². The molecule has 0 bridgehead atoms. The van der Waals surface area contributed by atoms with Gasteiger partial charge in [0.05, 0.1) is 11.7 Å². The van der Waals surface area contributed by atoms with E-state index in [0.29, 0.717) is 0 Å². The Kier molecular flexibility index (Phi) is 5.35. The number of fused-ring (bicyclic) bond motifs is 1. The van der Waals surface area contributed by atoms with E-state index in [1.165, 1.54) is 17.1 Å². The second-order valence-electron chi connectivity index (χ2n) is 6.05. The van der Waals surface area contributed by atoms with E-state index in [-0.39, 0.29) is 0 Å². The van der Waals surface area contributed by atoms with Crippen LogP contribution in [-0.2, 0) is 0 Å². The minimum absolute atomic E-state index is 0.852. The van der Waals surface area contributed by atoms with Crippen LogP contribution in [-0.4, -0.2) is 20.4 Å². The van der Waals surface area contributed by atoms with E-state index in [2.05, 4.69) is 98.1 Å². The monoisotopic (exact) mass is 365 g/mol. The number of benzene rings is 3. The van der Waals surface area contributed by atoms with Crippen LogP contribution in [0.2, 0.25) is 0 Å². The van der Waals surface area contributed by atoms with Gasteiger partial charge >= 0.3 is 0 Å². The molecule has 1 N–H and O–H groups in total. The Labute approximate surface area is 163 Å². The third-order valence-electron chi connectivity index (χ3n) is 4.19. The van der Waals surface area contributed by atoms with E-state index in [1.54, 1.807) is 12.4 Å². The number of H-pyrrole nitrogens is 1. The quantitative estimate of drug-likeness (QED) is 0.458. The first-order valence-corrected chi connectivity index (χ1v) is 8.98. The summed E-state index contributed by atoms with van der Waals surface area (Å²) in [6.45, 7) is 0. The number of aromatic amines is 1. The number of hydrogen-bond acceptors (Lipinski definition) is 4. The van der Waals surface area contributed by atoms with E-state index in [0.717, 1.165) is 11.0 Å². The number of para-hydroxylation sites is 3. The molecule has 3 aromatic carbocycles. The molecule has 2 aromatic heterocycles. The Balaban J connectivity index is 0.000000177. The third-order valence-corrected chi connectivity index (χ3v) is 4.19. The van der Waals surface area contributed by atoms with Crippen LogP contribution in [0.1, 0.15) is 0 Å². The highest BCUT2D eigenvalue weighted by Gasteiger charge is 2.10. The van der Waals surface area contributed by atoms with Gasteiger partial charge in [-0.1, -0.05) is 54.6 Å². The van der Waals surface area contributed by atoms with Crippen LogP contribution in [0.3, 0.4) is 0 Å². The highest BCUT2D eigenvalue weighted by atomic mass is 15.3. The van der Waals surface area contributed by atoms with Crippen LogP contribution in [0.4, 0.5) is 17.1 Å². The Bertz CT molecular complexity index is 985. The van der Waals surface area contributed by atoms with Gasteiger partial charge < -0.3 is 9.88 Å². The standard InChI is InChI=1S/C18H15N.C5H4N4/c1-4-10-16(11-5-1)19(17-12-6-2-7-13-17)18-14-8-3-9-15-18;1-2-6-5-3-7-9-8-4(1)5/h1-15H;1-3,6H. The SMILES string of the molecule is c1cc2nnncc2[nH]1.c1ccc(N(c2ccccc2)c2ccccc2)cc1. The van der Waals surface area contributed by atoms with Gasteiger partial charge in [0.25, 0.3) is 0 Å². The normalized spacial score (nSPS) is 10.1. The fourth-order valence-electron chi connectivity index (χ4n) is 2.90. The number of hydrogen-bond donors (Lipinski definition) is 1. The van der Waals surface area contributed by atoms with Crippen LogP contribution in [0.15, 0.2) is 109 Å². The average molecular weight is 365 g/mol. The highest BCUT2D eigenvalue weighted by molar-refractivity contribution is 5.76. The fraction of sp³-hybridized carbons (Fsp3) is 0. The van der Waals surface area contributed by atoms with Crippen molar-refractivity contribution in [3.8, 4) is 0 Å². The van der Waals surface area contributed by atoms with Crippen molar-refractivity contribution in [3.05, 3.63) is 109 Å². The van der Waals surface area contributed by atoms with E-state index in [9.17, 15) is 0 Å². The van der Waals surface area contributed by atoms with E-state index in [4.69, 9.17) is 0 Å². The Morgan fingerprint density at radius 3 is 1.57 bits per heavy atom. The minimum atomic E-state index is 0.852. The topological polar surface area (TPSA) is 57.7 Å². The maximum Gasteiger partial charge on any atom is 0.114 e. The smallest absolute Gasteiger partial charge is 0.114 e. The van der Waals surface area contributed by atoms with Gasteiger partial charge in [0.1, 0.15) is 5.52 Å². The molecule has 0 aliphatic carbocycles. The van der Waals surface area contributed by atoms with Crippen LogP contribution in [0, 0.1) is 0 Å². The van der Waals surface area contributed by atoms with E-state index in [1.807, 2.05) is 24.3 Å². The first-order chi connectivity index (χ1) is 13.9. The molecule has 0 unspecified atom stereocenters. The number of aromatic nitrogens is 4. The lowest BCUT2D eigenvalue weighted by molar-refractivity contribution is 0.895. The number of nitrogens with zero attached hydrogens (tertiary/aromatic N) is 4. The predicted molar refractivity (Wildman–Crippen MR) is 113 cm³/mol. The summed E-state index contributed by atoms with van der Waals surface area (Å²) in [6, 6.07) is 33.1. The summed E-state index contributed by atoms with van der Waals surface area (Å²) in [5.74, 6) is 0. The lowest BCUT2D eigenvalue weighted by Gasteiger charge is -2.25. The predicted octanol–water partition coefficient (Wildman–Crippen LogP) is 5.51. The van der Waals surface area contributed by atoms with E-state index >= 15 is 0 Å². The number of rotatable bonds is 3. The molecule has 0 aliphatic rings. The zero-order chi connectivity index (χ0) is 19.0. The second kappa shape index (κ2) is 8.60. The van der Waals surface area contributed by atoms with Gasteiger partial charge in [-0.25, -0.2) is 0 Å². The molecule has 0 atom stereocenters. The van der Waals surface area contributed by atoms with Crippen molar-refractivity contribution in [2.45, 2.75) is 0 Å². The van der Waals surface area contributed by atoms with Crippen LogP contribution in [0.5, 0.6) is 0 Å². The van der Waals surface area contributed by atoms with Crippen molar-refractivity contribution >= 4 is 28.1 Å². The first kappa shape index (κ1) is 17.4. The molecule has 2 heterocycles. The molecule has 136 valence electrons. The number of anilines is 3. The Morgan fingerprint density at radius 2 is 1.11 bits per heavy atom. The largest absolute Gasteiger partial charge is 0.358 e. The van der Waals surface area contributed by atoms with Gasteiger partial charge in [0.2, 0.25) is 0 Å². The molecule has 0 fully saturated rings. The molecule has 0 radical (unpaired) electrons. The van der Waals surface area contributed by atoms with Gasteiger partial charge in [-0.05, 0) is 47.7 Å². The molecule has 0 amide bonds. The van der Waals surface area contributed by atoms with Gasteiger partial charge in [-0.3, -0.25) is 0 Å². The van der Waals surface area contributed by atoms with E-state index < -0.39 is 0 Å². The number of nitrogens with one attached hydrogen (secondary N) is 1.